The number of carbonyl (C=O) groups excluding carboxylic acids is 1. The number of carbonyl (C=O) groups is 1. The highest BCUT2D eigenvalue weighted by Gasteiger charge is 2.30. The van der Waals surface area contributed by atoms with Crippen molar-refractivity contribution in [1.82, 2.24) is 9.80 Å². The van der Waals surface area contributed by atoms with Gasteiger partial charge in [-0.1, -0.05) is 17.7 Å². The predicted octanol–water partition coefficient (Wildman–Crippen LogP) is 2.31. The maximum atomic E-state index is 12.5. The average molecular weight is 258 g/mol. The Balaban J connectivity index is 1.64. The van der Waals surface area contributed by atoms with Crippen molar-refractivity contribution in [1.29, 1.82) is 0 Å². The van der Waals surface area contributed by atoms with Gasteiger partial charge in [0.15, 0.2) is 0 Å². The van der Waals surface area contributed by atoms with Crippen molar-refractivity contribution in [2.45, 2.75) is 32.2 Å². The Morgan fingerprint density at radius 1 is 1.05 bits per heavy atom. The standard InChI is InChI=1S/C16H22N2O/c1-13-3-5-14(6-4-13)16(19)18-10-2-9-17(11-12-18)15-7-8-15/h3-6,15H,2,7-12H2,1H3. The Morgan fingerprint density at radius 3 is 2.47 bits per heavy atom. The predicted molar refractivity (Wildman–Crippen MR) is 76.3 cm³/mol. The fraction of sp³-hybridized carbons (Fsp3) is 0.562. The largest absolute Gasteiger partial charge is 0.337 e. The minimum absolute atomic E-state index is 0.192. The van der Waals surface area contributed by atoms with Gasteiger partial charge in [-0.05, 0) is 38.3 Å². The van der Waals surface area contributed by atoms with Crippen molar-refractivity contribution in [2.75, 3.05) is 26.2 Å². The number of hydrogen-bond acceptors (Lipinski definition) is 2. The van der Waals surface area contributed by atoms with Crippen molar-refractivity contribution in [3.05, 3.63) is 35.4 Å². The molecule has 0 unspecified atom stereocenters. The highest BCUT2D eigenvalue weighted by atomic mass is 16.2. The van der Waals surface area contributed by atoms with Gasteiger partial charge in [0.25, 0.3) is 5.91 Å². The lowest BCUT2D eigenvalue weighted by atomic mass is 10.1. The van der Waals surface area contributed by atoms with E-state index in [1.54, 1.807) is 0 Å². The molecular weight excluding hydrogens is 236 g/mol. The van der Waals surface area contributed by atoms with E-state index in [0.717, 1.165) is 44.2 Å². The highest BCUT2D eigenvalue weighted by Crippen LogP contribution is 2.27. The number of rotatable bonds is 2. The molecule has 0 atom stereocenters. The summed E-state index contributed by atoms with van der Waals surface area (Å²) < 4.78 is 0. The first-order valence-electron chi connectivity index (χ1n) is 7.34. The quantitative estimate of drug-likeness (QED) is 0.812. The molecule has 1 aromatic rings. The third-order valence-electron chi connectivity index (χ3n) is 4.18. The molecule has 1 aromatic carbocycles. The molecule has 3 nitrogen and oxygen atoms in total. The third-order valence-corrected chi connectivity index (χ3v) is 4.18. The SMILES string of the molecule is Cc1ccc(C(=O)N2CCCN(C3CC3)CC2)cc1. The van der Waals surface area contributed by atoms with E-state index in [1.807, 2.05) is 36.1 Å². The van der Waals surface area contributed by atoms with Crippen molar-refractivity contribution in [2.24, 2.45) is 0 Å². The van der Waals surface area contributed by atoms with Gasteiger partial charge in [0.05, 0.1) is 0 Å². The van der Waals surface area contributed by atoms with Crippen LogP contribution in [0.25, 0.3) is 0 Å². The lowest BCUT2D eigenvalue weighted by Crippen LogP contribution is -2.35. The van der Waals surface area contributed by atoms with E-state index in [1.165, 1.54) is 18.4 Å². The normalized spacial score (nSPS) is 21.2. The molecule has 1 amide bonds. The molecule has 0 bridgehead atoms. The van der Waals surface area contributed by atoms with E-state index >= 15 is 0 Å². The molecule has 3 rings (SSSR count). The van der Waals surface area contributed by atoms with Crippen LogP contribution in [0.3, 0.4) is 0 Å². The Labute approximate surface area is 115 Å². The minimum atomic E-state index is 0.192. The minimum Gasteiger partial charge on any atom is -0.337 e. The summed E-state index contributed by atoms with van der Waals surface area (Å²) in [7, 11) is 0. The van der Waals surface area contributed by atoms with E-state index in [9.17, 15) is 4.79 Å². The smallest absolute Gasteiger partial charge is 0.253 e. The van der Waals surface area contributed by atoms with Gasteiger partial charge in [0.2, 0.25) is 0 Å². The van der Waals surface area contributed by atoms with Gasteiger partial charge in [0, 0.05) is 37.8 Å². The second-order valence-electron chi connectivity index (χ2n) is 5.78. The number of hydrogen-bond donors (Lipinski definition) is 0. The van der Waals surface area contributed by atoms with Crippen molar-refractivity contribution in [3.63, 3.8) is 0 Å². The van der Waals surface area contributed by atoms with E-state index in [-0.39, 0.29) is 5.91 Å². The first kappa shape index (κ1) is 12.7. The summed E-state index contributed by atoms with van der Waals surface area (Å²) in [6.07, 6.45) is 3.81. The van der Waals surface area contributed by atoms with Crippen LogP contribution in [0.4, 0.5) is 0 Å². The summed E-state index contributed by atoms with van der Waals surface area (Å²) in [5.41, 5.74) is 2.03. The Kier molecular flexibility index (Phi) is 3.56. The molecule has 1 saturated heterocycles. The monoisotopic (exact) mass is 258 g/mol. The molecule has 0 aromatic heterocycles. The van der Waals surface area contributed by atoms with Crippen LogP contribution in [0.2, 0.25) is 0 Å². The van der Waals surface area contributed by atoms with Gasteiger partial charge in [-0.2, -0.15) is 0 Å². The van der Waals surface area contributed by atoms with Gasteiger partial charge >= 0.3 is 0 Å². The summed E-state index contributed by atoms with van der Waals surface area (Å²) in [5.74, 6) is 0.192. The first-order chi connectivity index (χ1) is 9.24. The first-order valence-corrected chi connectivity index (χ1v) is 7.34. The zero-order chi connectivity index (χ0) is 13.2. The molecule has 0 radical (unpaired) electrons. The molecule has 2 fully saturated rings. The van der Waals surface area contributed by atoms with Crippen LogP contribution < -0.4 is 0 Å². The van der Waals surface area contributed by atoms with Crippen LogP contribution >= 0.6 is 0 Å². The van der Waals surface area contributed by atoms with Crippen molar-refractivity contribution >= 4 is 5.91 Å². The summed E-state index contributed by atoms with van der Waals surface area (Å²) >= 11 is 0. The van der Waals surface area contributed by atoms with Crippen LogP contribution in [0.1, 0.15) is 35.2 Å². The molecule has 0 spiro atoms. The molecule has 0 N–H and O–H groups in total. The fourth-order valence-corrected chi connectivity index (χ4v) is 2.82. The van der Waals surface area contributed by atoms with Crippen LogP contribution in [-0.2, 0) is 0 Å². The van der Waals surface area contributed by atoms with Gasteiger partial charge in [-0.3, -0.25) is 9.69 Å². The lowest BCUT2D eigenvalue weighted by molar-refractivity contribution is 0.0761. The lowest BCUT2D eigenvalue weighted by Gasteiger charge is -2.22. The summed E-state index contributed by atoms with van der Waals surface area (Å²) in [4.78, 5) is 17.0. The Hall–Kier alpha value is -1.35. The molecule has 3 heteroatoms. The fourth-order valence-electron chi connectivity index (χ4n) is 2.82. The van der Waals surface area contributed by atoms with Crippen LogP contribution in [0.15, 0.2) is 24.3 Å². The number of nitrogens with zero attached hydrogens (tertiary/aromatic N) is 2. The summed E-state index contributed by atoms with van der Waals surface area (Å²) in [6.45, 7) is 6.03. The molecule has 1 saturated carbocycles. The zero-order valence-corrected chi connectivity index (χ0v) is 11.6. The number of aryl methyl sites for hydroxylation is 1. The average Bonchev–Trinajstić information content (AvgIpc) is 3.25. The summed E-state index contributed by atoms with van der Waals surface area (Å²) in [5, 5.41) is 0. The number of amides is 1. The van der Waals surface area contributed by atoms with E-state index in [4.69, 9.17) is 0 Å². The highest BCUT2D eigenvalue weighted by molar-refractivity contribution is 5.94. The maximum Gasteiger partial charge on any atom is 0.253 e. The molecular formula is C16H22N2O. The molecule has 19 heavy (non-hydrogen) atoms. The molecule has 1 aliphatic carbocycles. The van der Waals surface area contributed by atoms with E-state index < -0.39 is 0 Å². The maximum absolute atomic E-state index is 12.5. The number of benzene rings is 1. The second-order valence-corrected chi connectivity index (χ2v) is 5.78. The van der Waals surface area contributed by atoms with Gasteiger partial charge < -0.3 is 4.90 Å². The second kappa shape index (κ2) is 5.33. The van der Waals surface area contributed by atoms with Crippen LogP contribution in [-0.4, -0.2) is 47.9 Å². The van der Waals surface area contributed by atoms with Crippen LogP contribution in [0.5, 0.6) is 0 Å². The molecule has 2 aliphatic rings. The van der Waals surface area contributed by atoms with Crippen LogP contribution in [0, 0.1) is 6.92 Å². The topological polar surface area (TPSA) is 23.6 Å². The zero-order valence-electron chi connectivity index (χ0n) is 11.6. The Bertz CT molecular complexity index is 450. The van der Waals surface area contributed by atoms with Crippen molar-refractivity contribution < 1.29 is 4.79 Å². The molecule has 102 valence electrons. The van der Waals surface area contributed by atoms with Crippen molar-refractivity contribution in [3.8, 4) is 0 Å². The van der Waals surface area contributed by atoms with E-state index in [2.05, 4.69) is 4.90 Å². The molecule has 1 heterocycles. The summed E-state index contributed by atoms with van der Waals surface area (Å²) in [6, 6.07) is 8.74. The van der Waals surface area contributed by atoms with Gasteiger partial charge in [-0.25, -0.2) is 0 Å². The van der Waals surface area contributed by atoms with Gasteiger partial charge in [-0.15, -0.1) is 0 Å². The Morgan fingerprint density at radius 2 is 1.79 bits per heavy atom. The van der Waals surface area contributed by atoms with Gasteiger partial charge in [0.1, 0.15) is 0 Å². The third kappa shape index (κ3) is 2.98. The van der Waals surface area contributed by atoms with E-state index in [0.29, 0.717) is 0 Å². The molecule has 1 aliphatic heterocycles.